The molecule has 100 valence electrons. The first-order valence-electron chi connectivity index (χ1n) is 5.17. The molecule has 0 heterocycles. The number of hydrogen-bond acceptors (Lipinski definition) is 4. The van der Waals surface area contributed by atoms with Gasteiger partial charge in [0.2, 0.25) is 0 Å². The van der Waals surface area contributed by atoms with Crippen molar-refractivity contribution in [3.05, 3.63) is 41.0 Å². The molecule has 0 saturated carbocycles. The number of aliphatic hydroxyl groups excluding tert-OH is 1. The maximum Gasteiger partial charge on any atom is 0.422 e. The van der Waals surface area contributed by atoms with E-state index in [1.807, 2.05) is 0 Å². The van der Waals surface area contributed by atoms with Gasteiger partial charge in [0.15, 0.2) is 6.61 Å². The summed E-state index contributed by atoms with van der Waals surface area (Å²) in [5.74, 6) is -1.90. The van der Waals surface area contributed by atoms with Crippen LogP contribution >= 0.6 is 0 Å². The van der Waals surface area contributed by atoms with Crippen LogP contribution < -0.4 is 0 Å². The van der Waals surface area contributed by atoms with Crippen molar-refractivity contribution in [3.63, 3.8) is 0 Å². The maximum absolute atomic E-state index is 12.0. The minimum Gasteiger partial charge on any atom is -0.506 e. The number of nitrogens with one attached hydrogen (secondary N) is 1. The van der Waals surface area contributed by atoms with Crippen molar-refractivity contribution < 1.29 is 27.8 Å². The van der Waals surface area contributed by atoms with Crippen molar-refractivity contribution in [1.29, 1.82) is 5.41 Å². The molecule has 19 heavy (non-hydrogen) atoms. The van der Waals surface area contributed by atoms with E-state index in [4.69, 9.17) is 5.41 Å². The van der Waals surface area contributed by atoms with E-state index in [0.717, 1.165) is 0 Å². The number of fused-ring (bicyclic) bond motifs is 1. The first-order chi connectivity index (χ1) is 8.81. The molecule has 0 unspecified atom stereocenters. The highest BCUT2D eigenvalue weighted by molar-refractivity contribution is 6.33. The predicted molar refractivity (Wildman–Crippen MR) is 59.8 cm³/mol. The van der Waals surface area contributed by atoms with E-state index in [0.29, 0.717) is 0 Å². The standard InChI is InChI=1S/C12H8F3NO3/c13-12(14,15)5-19-11(18)8-9(16)6-3-1-2-4-7(6)10(8)17/h1-4,16-17H,5H2. The topological polar surface area (TPSA) is 70.4 Å². The summed E-state index contributed by atoms with van der Waals surface area (Å²) in [7, 11) is 0. The smallest absolute Gasteiger partial charge is 0.422 e. The number of halogens is 3. The van der Waals surface area contributed by atoms with Gasteiger partial charge in [-0.1, -0.05) is 24.3 Å². The van der Waals surface area contributed by atoms with Crippen molar-refractivity contribution in [2.75, 3.05) is 6.61 Å². The molecule has 0 fully saturated rings. The van der Waals surface area contributed by atoms with Crippen LogP contribution in [-0.2, 0) is 9.53 Å². The summed E-state index contributed by atoms with van der Waals surface area (Å²) < 4.78 is 39.9. The Morgan fingerprint density at radius 2 is 1.84 bits per heavy atom. The Bertz CT molecular complexity index is 590. The number of hydrogen-bond donors (Lipinski definition) is 2. The van der Waals surface area contributed by atoms with Crippen molar-refractivity contribution in [3.8, 4) is 0 Å². The predicted octanol–water partition coefficient (Wildman–Crippen LogP) is 2.44. The fourth-order valence-electron chi connectivity index (χ4n) is 1.71. The van der Waals surface area contributed by atoms with Gasteiger partial charge in [-0.2, -0.15) is 13.2 Å². The molecule has 0 amide bonds. The molecule has 0 atom stereocenters. The second-order valence-electron chi connectivity index (χ2n) is 3.84. The molecule has 0 saturated heterocycles. The molecule has 7 heteroatoms. The average Bonchev–Trinajstić information content (AvgIpc) is 2.59. The van der Waals surface area contributed by atoms with E-state index >= 15 is 0 Å². The number of esters is 1. The number of ether oxygens (including phenoxy) is 1. The fourth-order valence-corrected chi connectivity index (χ4v) is 1.71. The van der Waals surface area contributed by atoms with Crippen LogP contribution in [0.5, 0.6) is 0 Å². The fraction of sp³-hybridized carbons (Fsp3) is 0.167. The lowest BCUT2D eigenvalue weighted by molar-refractivity contribution is -0.183. The van der Waals surface area contributed by atoms with Crippen LogP contribution in [-0.4, -0.2) is 29.6 Å². The SMILES string of the molecule is N=C1C(C(=O)OCC(F)(F)F)=C(O)c2ccccc21. The summed E-state index contributed by atoms with van der Waals surface area (Å²) in [5, 5.41) is 17.5. The number of rotatable bonds is 2. The largest absolute Gasteiger partial charge is 0.506 e. The van der Waals surface area contributed by atoms with E-state index < -0.39 is 30.1 Å². The minimum absolute atomic E-state index is 0.228. The molecule has 1 aromatic rings. The Morgan fingerprint density at radius 1 is 1.26 bits per heavy atom. The molecule has 2 rings (SSSR count). The number of aliphatic hydroxyl groups is 1. The molecule has 0 aliphatic heterocycles. The first kappa shape index (κ1) is 13.1. The van der Waals surface area contributed by atoms with Gasteiger partial charge in [-0.15, -0.1) is 0 Å². The van der Waals surface area contributed by atoms with Gasteiger partial charge in [-0.3, -0.25) is 5.41 Å². The minimum atomic E-state index is -4.65. The molecule has 1 aliphatic rings. The lowest BCUT2D eigenvalue weighted by atomic mass is 10.1. The quantitative estimate of drug-likeness (QED) is 0.811. The third-order valence-electron chi connectivity index (χ3n) is 2.51. The number of carbonyl (C=O) groups is 1. The monoisotopic (exact) mass is 271 g/mol. The highest BCUT2D eigenvalue weighted by atomic mass is 19.4. The molecule has 4 nitrogen and oxygen atoms in total. The Morgan fingerprint density at radius 3 is 2.37 bits per heavy atom. The van der Waals surface area contributed by atoms with Gasteiger partial charge in [0.25, 0.3) is 0 Å². The summed E-state index contributed by atoms with van der Waals surface area (Å²) in [6, 6.07) is 6.11. The van der Waals surface area contributed by atoms with E-state index in [-0.39, 0.29) is 16.8 Å². The summed E-state index contributed by atoms with van der Waals surface area (Å²) in [6.07, 6.45) is -4.65. The number of alkyl halides is 3. The molecule has 2 N–H and O–H groups in total. The molecule has 0 bridgehead atoms. The number of benzene rings is 1. The summed E-state index contributed by atoms with van der Waals surface area (Å²) in [4.78, 5) is 11.5. The Hall–Kier alpha value is -2.31. The van der Waals surface area contributed by atoms with Gasteiger partial charge in [0, 0.05) is 11.1 Å². The van der Waals surface area contributed by atoms with Crippen molar-refractivity contribution in [1.82, 2.24) is 0 Å². The third-order valence-corrected chi connectivity index (χ3v) is 2.51. The van der Waals surface area contributed by atoms with E-state index in [1.165, 1.54) is 12.1 Å². The van der Waals surface area contributed by atoms with Crippen LogP contribution in [0.1, 0.15) is 11.1 Å². The first-order valence-corrected chi connectivity index (χ1v) is 5.17. The molecule has 0 aromatic heterocycles. The van der Waals surface area contributed by atoms with Gasteiger partial charge in [0.05, 0.1) is 5.71 Å². The molecular formula is C12H8F3NO3. The van der Waals surface area contributed by atoms with Crippen LogP contribution in [0.3, 0.4) is 0 Å². The summed E-state index contributed by atoms with van der Waals surface area (Å²) in [5.41, 5.74) is -0.392. The zero-order valence-corrected chi connectivity index (χ0v) is 9.41. The summed E-state index contributed by atoms with van der Waals surface area (Å²) in [6.45, 7) is -1.76. The molecule has 1 aromatic carbocycles. The Balaban J connectivity index is 2.25. The third kappa shape index (κ3) is 2.44. The Kier molecular flexibility index (Phi) is 3.05. The van der Waals surface area contributed by atoms with Crippen molar-refractivity contribution >= 4 is 17.4 Å². The van der Waals surface area contributed by atoms with Gasteiger partial charge >= 0.3 is 12.1 Å². The lowest BCUT2D eigenvalue weighted by Crippen LogP contribution is -2.23. The van der Waals surface area contributed by atoms with Gasteiger partial charge in [-0.25, -0.2) is 4.79 Å². The molecular weight excluding hydrogens is 263 g/mol. The Labute approximate surface area is 105 Å². The van der Waals surface area contributed by atoms with Crippen LogP contribution in [0.15, 0.2) is 29.8 Å². The van der Waals surface area contributed by atoms with Gasteiger partial charge in [0.1, 0.15) is 11.3 Å². The zero-order chi connectivity index (χ0) is 14.2. The van der Waals surface area contributed by atoms with Crippen LogP contribution in [0.2, 0.25) is 0 Å². The molecule has 0 radical (unpaired) electrons. The highest BCUT2D eigenvalue weighted by Gasteiger charge is 2.35. The second kappa shape index (κ2) is 4.42. The normalized spacial score (nSPS) is 14.6. The van der Waals surface area contributed by atoms with Crippen LogP contribution in [0.4, 0.5) is 13.2 Å². The van der Waals surface area contributed by atoms with E-state index in [9.17, 15) is 23.1 Å². The lowest BCUT2D eigenvalue weighted by Gasteiger charge is -2.08. The van der Waals surface area contributed by atoms with Crippen LogP contribution in [0.25, 0.3) is 5.76 Å². The van der Waals surface area contributed by atoms with Gasteiger partial charge in [-0.05, 0) is 0 Å². The second-order valence-corrected chi connectivity index (χ2v) is 3.84. The van der Waals surface area contributed by atoms with Gasteiger partial charge < -0.3 is 9.84 Å². The van der Waals surface area contributed by atoms with E-state index in [1.54, 1.807) is 12.1 Å². The molecule has 1 aliphatic carbocycles. The maximum atomic E-state index is 12.0. The average molecular weight is 271 g/mol. The summed E-state index contributed by atoms with van der Waals surface area (Å²) >= 11 is 0. The number of carbonyl (C=O) groups excluding carboxylic acids is 1. The highest BCUT2D eigenvalue weighted by Crippen LogP contribution is 2.31. The molecule has 0 spiro atoms. The zero-order valence-electron chi connectivity index (χ0n) is 9.41. The van der Waals surface area contributed by atoms with E-state index in [2.05, 4.69) is 4.74 Å². The van der Waals surface area contributed by atoms with Crippen molar-refractivity contribution in [2.24, 2.45) is 0 Å². The van der Waals surface area contributed by atoms with Crippen LogP contribution in [0, 0.1) is 5.41 Å². The van der Waals surface area contributed by atoms with Crippen molar-refractivity contribution in [2.45, 2.75) is 6.18 Å².